The lowest BCUT2D eigenvalue weighted by Crippen LogP contribution is -2.19. The Labute approximate surface area is 96.0 Å². The molecule has 0 saturated heterocycles. The van der Waals surface area contributed by atoms with E-state index in [0.717, 1.165) is 11.4 Å². The van der Waals surface area contributed by atoms with E-state index in [1.807, 2.05) is 32.0 Å². The number of hydrogen-bond donors (Lipinski definition) is 1. The molecule has 1 heterocycles. The first kappa shape index (κ1) is 12.6. The summed E-state index contributed by atoms with van der Waals surface area (Å²) in [7, 11) is 0. The van der Waals surface area contributed by atoms with Gasteiger partial charge in [0.1, 0.15) is 0 Å². The van der Waals surface area contributed by atoms with Gasteiger partial charge in [-0.1, -0.05) is 6.07 Å². The SMILES string of the molecule is CCOC(=O)CCNCc1cccc(C)n1. The second kappa shape index (κ2) is 6.95. The molecule has 0 atom stereocenters. The second-order valence-corrected chi connectivity index (χ2v) is 3.50. The summed E-state index contributed by atoms with van der Waals surface area (Å²) in [4.78, 5) is 15.4. The van der Waals surface area contributed by atoms with Crippen molar-refractivity contribution in [2.45, 2.75) is 26.8 Å². The van der Waals surface area contributed by atoms with E-state index in [4.69, 9.17) is 4.74 Å². The summed E-state index contributed by atoms with van der Waals surface area (Å²) in [6, 6.07) is 5.90. The quantitative estimate of drug-likeness (QED) is 0.584. The van der Waals surface area contributed by atoms with Crippen molar-refractivity contribution in [3.8, 4) is 0 Å². The molecule has 0 radical (unpaired) electrons. The fraction of sp³-hybridized carbons (Fsp3) is 0.500. The second-order valence-electron chi connectivity index (χ2n) is 3.50. The lowest BCUT2D eigenvalue weighted by Gasteiger charge is -2.04. The molecule has 1 aromatic rings. The molecular formula is C12H18N2O2. The zero-order valence-electron chi connectivity index (χ0n) is 9.82. The van der Waals surface area contributed by atoms with Crippen LogP contribution < -0.4 is 5.32 Å². The van der Waals surface area contributed by atoms with Crippen LogP contribution in [-0.4, -0.2) is 24.1 Å². The molecule has 0 aromatic carbocycles. The van der Waals surface area contributed by atoms with Crippen LogP contribution >= 0.6 is 0 Å². The average molecular weight is 222 g/mol. The van der Waals surface area contributed by atoms with Gasteiger partial charge in [-0.2, -0.15) is 0 Å². The van der Waals surface area contributed by atoms with E-state index >= 15 is 0 Å². The highest BCUT2D eigenvalue weighted by molar-refractivity contribution is 5.69. The molecule has 0 aliphatic rings. The molecule has 1 N–H and O–H groups in total. The summed E-state index contributed by atoms with van der Waals surface area (Å²) < 4.78 is 4.82. The van der Waals surface area contributed by atoms with Gasteiger partial charge in [-0.15, -0.1) is 0 Å². The van der Waals surface area contributed by atoms with E-state index in [0.29, 0.717) is 26.1 Å². The van der Waals surface area contributed by atoms with Gasteiger partial charge in [0.2, 0.25) is 0 Å². The van der Waals surface area contributed by atoms with Crippen molar-refractivity contribution in [1.29, 1.82) is 0 Å². The monoisotopic (exact) mass is 222 g/mol. The van der Waals surface area contributed by atoms with Crippen molar-refractivity contribution in [2.24, 2.45) is 0 Å². The number of ether oxygens (including phenoxy) is 1. The summed E-state index contributed by atoms with van der Waals surface area (Å²) in [6.07, 6.45) is 0.402. The van der Waals surface area contributed by atoms with Crippen LogP contribution in [0, 0.1) is 6.92 Å². The summed E-state index contributed by atoms with van der Waals surface area (Å²) in [5, 5.41) is 3.15. The molecule has 88 valence electrons. The minimum atomic E-state index is -0.160. The Kier molecular flexibility index (Phi) is 5.50. The largest absolute Gasteiger partial charge is 0.466 e. The number of nitrogens with zero attached hydrogens (tertiary/aromatic N) is 1. The first-order valence-electron chi connectivity index (χ1n) is 5.51. The van der Waals surface area contributed by atoms with Gasteiger partial charge in [0.25, 0.3) is 0 Å². The molecule has 0 amide bonds. The predicted molar refractivity (Wildman–Crippen MR) is 61.9 cm³/mol. The molecule has 1 aromatic heterocycles. The molecule has 1 rings (SSSR count). The first-order chi connectivity index (χ1) is 7.72. The van der Waals surface area contributed by atoms with Crippen molar-refractivity contribution in [3.05, 3.63) is 29.6 Å². The van der Waals surface area contributed by atoms with Gasteiger partial charge in [0.05, 0.1) is 18.7 Å². The molecule has 0 fully saturated rings. The van der Waals surface area contributed by atoms with E-state index in [1.54, 1.807) is 0 Å². The smallest absolute Gasteiger partial charge is 0.307 e. The highest BCUT2D eigenvalue weighted by Crippen LogP contribution is 1.97. The van der Waals surface area contributed by atoms with Crippen LogP contribution in [0.2, 0.25) is 0 Å². The molecular weight excluding hydrogens is 204 g/mol. The number of esters is 1. The molecule has 4 heteroatoms. The van der Waals surface area contributed by atoms with E-state index in [-0.39, 0.29) is 5.97 Å². The van der Waals surface area contributed by atoms with Crippen LogP contribution in [-0.2, 0) is 16.1 Å². The maximum absolute atomic E-state index is 11.0. The zero-order chi connectivity index (χ0) is 11.8. The van der Waals surface area contributed by atoms with Crippen molar-refractivity contribution < 1.29 is 9.53 Å². The number of aromatic nitrogens is 1. The average Bonchev–Trinajstić information content (AvgIpc) is 2.25. The number of pyridine rings is 1. The van der Waals surface area contributed by atoms with E-state index in [9.17, 15) is 4.79 Å². The Bertz CT molecular complexity index is 340. The molecule has 0 aliphatic carbocycles. The van der Waals surface area contributed by atoms with Crippen LogP contribution in [0.3, 0.4) is 0 Å². The lowest BCUT2D eigenvalue weighted by molar-refractivity contribution is -0.142. The van der Waals surface area contributed by atoms with Gasteiger partial charge in [-0.25, -0.2) is 0 Å². The highest BCUT2D eigenvalue weighted by atomic mass is 16.5. The molecule has 0 spiro atoms. The van der Waals surface area contributed by atoms with Gasteiger partial charge in [-0.05, 0) is 26.0 Å². The van der Waals surface area contributed by atoms with Crippen LogP contribution in [0.25, 0.3) is 0 Å². The number of rotatable bonds is 6. The van der Waals surface area contributed by atoms with Crippen LogP contribution in [0.4, 0.5) is 0 Å². The maximum atomic E-state index is 11.0. The summed E-state index contributed by atoms with van der Waals surface area (Å²) in [5.74, 6) is -0.160. The molecule has 0 saturated carbocycles. The molecule has 0 bridgehead atoms. The number of carbonyl (C=O) groups excluding carboxylic acids is 1. The number of nitrogens with one attached hydrogen (secondary N) is 1. The minimum absolute atomic E-state index is 0.160. The normalized spacial score (nSPS) is 10.1. The third kappa shape index (κ3) is 4.89. The van der Waals surface area contributed by atoms with Gasteiger partial charge in [0, 0.05) is 18.8 Å². The van der Waals surface area contributed by atoms with E-state index < -0.39 is 0 Å². The highest BCUT2D eigenvalue weighted by Gasteiger charge is 2.00. The first-order valence-corrected chi connectivity index (χ1v) is 5.51. The number of hydrogen-bond acceptors (Lipinski definition) is 4. The Morgan fingerprint density at radius 3 is 3.00 bits per heavy atom. The van der Waals surface area contributed by atoms with Crippen molar-refractivity contribution in [3.63, 3.8) is 0 Å². The molecule has 4 nitrogen and oxygen atoms in total. The van der Waals surface area contributed by atoms with Crippen molar-refractivity contribution in [1.82, 2.24) is 10.3 Å². The van der Waals surface area contributed by atoms with Crippen LogP contribution in [0.5, 0.6) is 0 Å². The Morgan fingerprint density at radius 1 is 1.50 bits per heavy atom. The van der Waals surface area contributed by atoms with Crippen LogP contribution in [0.1, 0.15) is 24.7 Å². The van der Waals surface area contributed by atoms with Crippen LogP contribution in [0.15, 0.2) is 18.2 Å². The van der Waals surface area contributed by atoms with Gasteiger partial charge < -0.3 is 10.1 Å². The van der Waals surface area contributed by atoms with Gasteiger partial charge in [-0.3, -0.25) is 9.78 Å². The maximum Gasteiger partial charge on any atom is 0.307 e. The summed E-state index contributed by atoms with van der Waals surface area (Å²) >= 11 is 0. The Morgan fingerprint density at radius 2 is 2.31 bits per heavy atom. The molecule has 0 unspecified atom stereocenters. The fourth-order valence-corrected chi connectivity index (χ4v) is 1.34. The van der Waals surface area contributed by atoms with Gasteiger partial charge >= 0.3 is 5.97 Å². The number of aryl methyl sites for hydroxylation is 1. The topological polar surface area (TPSA) is 51.2 Å². The lowest BCUT2D eigenvalue weighted by atomic mass is 10.3. The zero-order valence-corrected chi connectivity index (χ0v) is 9.82. The Hall–Kier alpha value is -1.42. The minimum Gasteiger partial charge on any atom is -0.466 e. The molecule has 16 heavy (non-hydrogen) atoms. The predicted octanol–water partition coefficient (Wildman–Crippen LogP) is 1.43. The van der Waals surface area contributed by atoms with Gasteiger partial charge in [0.15, 0.2) is 0 Å². The fourth-order valence-electron chi connectivity index (χ4n) is 1.34. The number of carbonyl (C=O) groups is 1. The summed E-state index contributed by atoms with van der Waals surface area (Å²) in [5.41, 5.74) is 1.99. The van der Waals surface area contributed by atoms with E-state index in [2.05, 4.69) is 10.3 Å². The van der Waals surface area contributed by atoms with Crippen molar-refractivity contribution >= 4 is 5.97 Å². The molecule has 0 aliphatic heterocycles. The third-order valence-corrected chi connectivity index (χ3v) is 2.06. The van der Waals surface area contributed by atoms with E-state index in [1.165, 1.54) is 0 Å². The standard InChI is InChI=1S/C12H18N2O2/c1-3-16-12(15)7-8-13-9-11-6-4-5-10(2)14-11/h4-6,13H,3,7-9H2,1-2H3. The summed E-state index contributed by atoms with van der Waals surface area (Å²) in [6.45, 7) is 5.51. The Balaban J connectivity index is 2.18. The van der Waals surface area contributed by atoms with Crippen molar-refractivity contribution in [2.75, 3.05) is 13.2 Å². The third-order valence-electron chi connectivity index (χ3n) is 2.06.